The van der Waals surface area contributed by atoms with Gasteiger partial charge >= 0.3 is 0 Å². The molecule has 0 unspecified atom stereocenters. The Balaban J connectivity index is 1.61. The highest BCUT2D eigenvalue weighted by atomic mass is 16.5. The number of methoxy groups -OCH3 is 2. The zero-order valence-corrected chi connectivity index (χ0v) is 28.8. The van der Waals surface area contributed by atoms with E-state index in [9.17, 15) is 10.3 Å². The molecule has 15 nitrogen and oxygen atoms in total. The molecule has 52 heavy (non-hydrogen) atoms. The Morgan fingerprint density at radius 3 is 2.25 bits per heavy atom. The third kappa shape index (κ3) is 8.55. The van der Waals surface area contributed by atoms with Crippen molar-refractivity contribution in [1.29, 1.82) is 0 Å². The smallest absolute Gasteiger partial charge is 0.266 e. The molecular formula is C37H39N9O6. The van der Waals surface area contributed by atoms with E-state index >= 15 is 0 Å². The first-order valence-electron chi connectivity index (χ1n) is 16.5. The van der Waals surface area contributed by atoms with Crippen LogP contribution in [0, 0.1) is 0 Å². The molecule has 1 aliphatic rings. The van der Waals surface area contributed by atoms with Crippen LogP contribution in [0.25, 0.3) is 20.9 Å². The molecule has 4 aromatic carbocycles. The highest BCUT2D eigenvalue weighted by Crippen LogP contribution is 2.44. The van der Waals surface area contributed by atoms with Gasteiger partial charge < -0.3 is 24.1 Å². The lowest BCUT2D eigenvalue weighted by Crippen LogP contribution is -2.54. The number of azide groups is 2. The van der Waals surface area contributed by atoms with Crippen LogP contribution >= 0.6 is 0 Å². The van der Waals surface area contributed by atoms with E-state index in [1.807, 2.05) is 60.7 Å². The average molecular weight is 706 g/mol. The van der Waals surface area contributed by atoms with Crippen LogP contribution in [0.1, 0.15) is 45.9 Å². The van der Waals surface area contributed by atoms with Crippen LogP contribution in [0.3, 0.4) is 0 Å². The predicted octanol–water partition coefficient (Wildman–Crippen LogP) is 6.41. The first-order valence-corrected chi connectivity index (χ1v) is 16.5. The predicted molar refractivity (Wildman–Crippen MR) is 194 cm³/mol. The van der Waals surface area contributed by atoms with Crippen molar-refractivity contribution in [3.63, 3.8) is 0 Å². The number of aliphatic imine (C=N–C) groups is 1. The zero-order chi connectivity index (χ0) is 36.8. The van der Waals surface area contributed by atoms with Gasteiger partial charge in [-0.15, -0.1) is 0 Å². The molecule has 0 spiro atoms. The van der Waals surface area contributed by atoms with Gasteiger partial charge in [-0.1, -0.05) is 70.9 Å². The first-order chi connectivity index (χ1) is 25.5. The minimum atomic E-state index is -1.63. The molecule has 0 aliphatic carbocycles. The summed E-state index contributed by atoms with van der Waals surface area (Å²) in [6, 6.07) is 27.2. The molecule has 15 heteroatoms. The summed E-state index contributed by atoms with van der Waals surface area (Å²) in [6.45, 7) is 0.628. The van der Waals surface area contributed by atoms with Gasteiger partial charge in [-0.25, -0.2) is 10.4 Å². The van der Waals surface area contributed by atoms with Crippen LogP contribution in [0.2, 0.25) is 0 Å². The van der Waals surface area contributed by atoms with Crippen molar-refractivity contribution in [1.82, 2.24) is 10.9 Å². The van der Waals surface area contributed by atoms with Crippen molar-refractivity contribution >= 4 is 11.8 Å². The van der Waals surface area contributed by atoms with Crippen molar-refractivity contribution in [2.24, 2.45) is 15.2 Å². The molecule has 0 radical (unpaired) electrons. The van der Waals surface area contributed by atoms with Gasteiger partial charge in [0.2, 0.25) is 5.90 Å². The molecule has 0 saturated heterocycles. The lowest BCUT2D eigenvalue weighted by molar-refractivity contribution is -0.130. The van der Waals surface area contributed by atoms with E-state index in [0.717, 1.165) is 16.7 Å². The largest absolute Gasteiger partial charge is 0.494 e. The molecule has 1 amide bonds. The maximum absolute atomic E-state index is 14.8. The zero-order valence-electron chi connectivity index (χ0n) is 28.8. The lowest BCUT2D eigenvalue weighted by atomic mass is 9.80. The summed E-state index contributed by atoms with van der Waals surface area (Å²) in [6.07, 6.45) is -0.452. The first kappa shape index (κ1) is 37.0. The number of rotatable bonds is 18. The lowest BCUT2D eigenvalue weighted by Gasteiger charge is -2.32. The third-order valence-electron chi connectivity index (χ3n) is 8.52. The number of aliphatic hydroxyl groups excluding tert-OH is 1. The number of para-hydroxylation sites is 1. The van der Waals surface area contributed by atoms with Crippen LogP contribution in [-0.2, 0) is 35.6 Å². The summed E-state index contributed by atoms with van der Waals surface area (Å²) in [4.78, 5) is 25.8. The SMILES string of the molecule is COc1cccc(CNNC(=O)[C@@]2(Cc3ccccc3CN=[N+]=[N-])N=C(c3ccc(OCCCO)cc3)O[C@H]2c2ccccc2CN=[N+]=[N-])c1OC. The fourth-order valence-corrected chi connectivity index (χ4v) is 6.00. The summed E-state index contributed by atoms with van der Waals surface area (Å²) in [5.41, 5.74) is 26.6. The van der Waals surface area contributed by atoms with Crippen molar-refractivity contribution in [3.8, 4) is 17.2 Å². The van der Waals surface area contributed by atoms with E-state index in [2.05, 4.69) is 30.9 Å². The highest BCUT2D eigenvalue weighted by Gasteiger charge is 2.54. The fraction of sp³-hybridized carbons (Fsp3) is 0.297. The van der Waals surface area contributed by atoms with Crippen LogP contribution in [0.4, 0.5) is 0 Å². The number of aliphatic hydroxyl groups is 1. The Kier molecular flexibility index (Phi) is 12.9. The number of hydrogen-bond acceptors (Lipinski definition) is 10. The standard InChI is InChI=1S/C37H39N9O6/c1-49-32-14-7-12-29(33(32)50-2)24-40-44-36(48)37(21-26-9-3-4-10-27(26)22-41-45-38)34(31-13-6-5-11-28(31)23-42-46-39)52-35(43-37)25-15-17-30(18-16-25)51-20-8-19-47/h3-7,9-18,34,40,47H,8,19-24H2,1-2H3,(H,44,48)/t34-,37-/m0/s1. The van der Waals surface area contributed by atoms with Crippen LogP contribution in [0.5, 0.6) is 17.2 Å². The summed E-state index contributed by atoms with van der Waals surface area (Å²) in [7, 11) is 3.09. The molecule has 0 saturated carbocycles. The maximum atomic E-state index is 14.8. The number of ether oxygens (including phenoxy) is 4. The molecule has 0 aromatic heterocycles. The van der Waals surface area contributed by atoms with Gasteiger partial charge in [-0.3, -0.25) is 10.2 Å². The van der Waals surface area contributed by atoms with E-state index in [1.54, 1.807) is 44.6 Å². The van der Waals surface area contributed by atoms with Gasteiger partial charge in [0.05, 0.1) is 33.9 Å². The average Bonchev–Trinajstić information content (AvgIpc) is 3.57. The minimum absolute atomic E-state index is 0.0147. The molecular weight excluding hydrogens is 666 g/mol. The van der Waals surface area contributed by atoms with Crippen LogP contribution in [0.15, 0.2) is 106 Å². The van der Waals surface area contributed by atoms with E-state index < -0.39 is 17.6 Å². The summed E-state index contributed by atoms with van der Waals surface area (Å²) in [5, 5.41) is 16.7. The molecule has 4 aromatic rings. The Morgan fingerprint density at radius 2 is 1.56 bits per heavy atom. The maximum Gasteiger partial charge on any atom is 0.266 e. The molecule has 1 aliphatic heterocycles. The van der Waals surface area contributed by atoms with Gasteiger partial charge in [0, 0.05) is 46.9 Å². The van der Waals surface area contributed by atoms with Gasteiger partial charge in [0.15, 0.2) is 23.1 Å². The number of nitrogens with one attached hydrogen (secondary N) is 2. The molecule has 1 heterocycles. The topological polar surface area (TPSA) is 208 Å². The highest BCUT2D eigenvalue weighted by molar-refractivity contribution is 6.01. The monoisotopic (exact) mass is 705 g/mol. The van der Waals surface area contributed by atoms with Crippen LogP contribution < -0.4 is 25.1 Å². The molecule has 0 fully saturated rings. The third-order valence-corrected chi connectivity index (χ3v) is 8.52. The quantitative estimate of drug-likeness (QED) is 0.0348. The molecule has 268 valence electrons. The number of amides is 1. The van der Waals surface area contributed by atoms with Gasteiger partial charge in [-0.05, 0) is 63.6 Å². The number of hydrazine groups is 1. The van der Waals surface area contributed by atoms with Crippen molar-refractivity contribution in [2.45, 2.75) is 44.1 Å². The Bertz CT molecular complexity index is 1980. The van der Waals surface area contributed by atoms with E-state index in [1.165, 1.54) is 0 Å². The Labute approximate surface area is 300 Å². The van der Waals surface area contributed by atoms with Gasteiger partial charge in [0.25, 0.3) is 5.91 Å². The Hall–Kier alpha value is -6.24. The number of carbonyl (C=O) groups is 1. The van der Waals surface area contributed by atoms with Crippen molar-refractivity contribution in [3.05, 3.63) is 145 Å². The molecule has 3 N–H and O–H groups in total. The number of nitrogens with zero attached hydrogens (tertiary/aromatic N) is 7. The minimum Gasteiger partial charge on any atom is -0.494 e. The molecule has 5 rings (SSSR count). The second-order valence-electron chi connectivity index (χ2n) is 11.7. The fourth-order valence-electron chi connectivity index (χ4n) is 6.00. The second kappa shape index (κ2) is 18.1. The Morgan fingerprint density at radius 1 is 0.885 bits per heavy atom. The molecule has 2 atom stereocenters. The summed E-state index contributed by atoms with van der Waals surface area (Å²) < 4.78 is 23.4. The summed E-state index contributed by atoms with van der Waals surface area (Å²) in [5.74, 6) is 1.37. The van der Waals surface area contributed by atoms with E-state index in [4.69, 9.17) is 34.6 Å². The van der Waals surface area contributed by atoms with E-state index in [0.29, 0.717) is 47.0 Å². The van der Waals surface area contributed by atoms with Crippen LogP contribution in [-0.4, -0.2) is 49.9 Å². The van der Waals surface area contributed by atoms with Gasteiger partial charge in [-0.2, -0.15) is 0 Å². The number of hydrogen-bond donors (Lipinski definition) is 3. The van der Waals surface area contributed by atoms with Gasteiger partial charge in [0.1, 0.15) is 5.75 Å². The number of carbonyl (C=O) groups excluding carboxylic acids is 1. The number of benzene rings is 4. The second-order valence-corrected chi connectivity index (χ2v) is 11.7. The summed E-state index contributed by atoms with van der Waals surface area (Å²) >= 11 is 0. The normalized spacial score (nSPS) is 16.1. The van der Waals surface area contributed by atoms with E-state index in [-0.39, 0.29) is 38.6 Å². The van der Waals surface area contributed by atoms with Crippen molar-refractivity contribution < 1.29 is 28.8 Å². The van der Waals surface area contributed by atoms with Crippen molar-refractivity contribution in [2.75, 3.05) is 27.4 Å². The molecule has 0 bridgehead atoms.